The second-order valence-corrected chi connectivity index (χ2v) is 5.50. The van der Waals surface area contributed by atoms with Gasteiger partial charge in [0, 0.05) is 13.1 Å². The van der Waals surface area contributed by atoms with Crippen LogP contribution in [0.25, 0.3) is 0 Å². The number of rotatable bonds is 7. The Kier molecular flexibility index (Phi) is 5.54. The van der Waals surface area contributed by atoms with Crippen molar-refractivity contribution in [2.75, 3.05) is 20.3 Å². The normalized spacial score (nSPS) is 11.6. The molecule has 4 nitrogen and oxygen atoms in total. The molecular formula is C11H17FN2O2S. The van der Waals surface area contributed by atoms with Crippen molar-refractivity contribution >= 4 is 10.0 Å². The Hall–Kier alpha value is -0.980. The van der Waals surface area contributed by atoms with Crippen LogP contribution >= 0.6 is 0 Å². The van der Waals surface area contributed by atoms with E-state index in [1.54, 1.807) is 12.1 Å². The van der Waals surface area contributed by atoms with E-state index in [0.717, 1.165) is 12.1 Å². The molecule has 1 aromatic carbocycles. The lowest BCUT2D eigenvalue weighted by atomic mass is 10.1. The third-order valence-electron chi connectivity index (χ3n) is 2.18. The molecule has 17 heavy (non-hydrogen) atoms. The Bertz CT molecular complexity index is 431. The van der Waals surface area contributed by atoms with Gasteiger partial charge in [-0.2, -0.15) is 0 Å². The summed E-state index contributed by atoms with van der Waals surface area (Å²) in [6.45, 7) is -0.117. The fourth-order valence-corrected chi connectivity index (χ4v) is 2.54. The van der Waals surface area contributed by atoms with Crippen molar-refractivity contribution in [3.8, 4) is 0 Å². The fourth-order valence-electron chi connectivity index (χ4n) is 1.42. The zero-order valence-electron chi connectivity index (χ0n) is 9.74. The summed E-state index contributed by atoms with van der Waals surface area (Å²) in [5.74, 6) is -0.118. The largest absolute Gasteiger partial charge is 0.316 e. The summed E-state index contributed by atoms with van der Waals surface area (Å²) in [6, 6.07) is 7.27. The predicted molar refractivity (Wildman–Crippen MR) is 65.8 cm³/mol. The van der Waals surface area contributed by atoms with E-state index in [2.05, 4.69) is 10.0 Å². The van der Waals surface area contributed by atoms with E-state index in [0.29, 0.717) is 5.56 Å². The maximum Gasteiger partial charge on any atom is 0.215 e. The molecule has 0 spiro atoms. The number of benzene rings is 1. The van der Waals surface area contributed by atoms with Crippen molar-refractivity contribution in [2.24, 2.45) is 0 Å². The van der Waals surface area contributed by atoms with Crippen LogP contribution in [0.15, 0.2) is 24.3 Å². The molecule has 1 aromatic rings. The molecule has 96 valence electrons. The van der Waals surface area contributed by atoms with Gasteiger partial charge in [0.25, 0.3) is 0 Å². The average molecular weight is 260 g/mol. The molecular weight excluding hydrogens is 243 g/mol. The van der Waals surface area contributed by atoms with Gasteiger partial charge in [0.15, 0.2) is 0 Å². The molecule has 0 unspecified atom stereocenters. The van der Waals surface area contributed by atoms with E-state index in [1.807, 2.05) is 19.2 Å². The van der Waals surface area contributed by atoms with Crippen molar-refractivity contribution < 1.29 is 12.8 Å². The zero-order chi connectivity index (χ0) is 12.7. The van der Waals surface area contributed by atoms with Crippen LogP contribution in [0.2, 0.25) is 0 Å². The minimum absolute atomic E-state index is 0.118. The quantitative estimate of drug-likeness (QED) is 0.762. The van der Waals surface area contributed by atoms with Gasteiger partial charge in [-0.05, 0) is 18.2 Å². The molecule has 0 saturated heterocycles. The number of hydrogen-bond donors (Lipinski definition) is 2. The summed E-state index contributed by atoms with van der Waals surface area (Å²) in [4.78, 5) is 0. The fraction of sp³-hybridized carbons (Fsp3) is 0.455. The van der Waals surface area contributed by atoms with Crippen LogP contribution in [0.5, 0.6) is 0 Å². The van der Waals surface area contributed by atoms with E-state index in [-0.39, 0.29) is 12.3 Å². The van der Waals surface area contributed by atoms with Gasteiger partial charge < -0.3 is 5.32 Å². The molecule has 0 aliphatic heterocycles. The lowest BCUT2D eigenvalue weighted by Crippen LogP contribution is -2.27. The summed E-state index contributed by atoms with van der Waals surface area (Å²) in [5.41, 5.74) is 1.78. The summed E-state index contributed by atoms with van der Waals surface area (Å²) >= 11 is 0. The topological polar surface area (TPSA) is 58.2 Å². The van der Waals surface area contributed by atoms with Crippen LogP contribution in [-0.2, 0) is 22.3 Å². The number of halogens is 1. The Morgan fingerprint density at radius 3 is 2.29 bits per heavy atom. The third kappa shape index (κ3) is 5.25. The minimum atomic E-state index is -3.43. The first-order chi connectivity index (χ1) is 8.07. The smallest absolute Gasteiger partial charge is 0.215 e. The van der Waals surface area contributed by atoms with Crippen LogP contribution in [0.3, 0.4) is 0 Å². The van der Waals surface area contributed by atoms with Gasteiger partial charge in [-0.1, -0.05) is 24.3 Å². The highest BCUT2D eigenvalue weighted by Gasteiger charge is 2.10. The maximum atomic E-state index is 11.9. The molecule has 0 atom stereocenters. The van der Waals surface area contributed by atoms with Crippen LogP contribution < -0.4 is 10.0 Å². The molecule has 0 aromatic heterocycles. The summed E-state index contributed by atoms with van der Waals surface area (Å²) in [6.07, 6.45) is 0. The average Bonchev–Trinajstić information content (AvgIpc) is 2.29. The van der Waals surface area contributed by atoms with Gasteiger partial charge >= 0.3 is 0 Å². The van der Waals surface area contributed by atoms with Crippen LogP contribution in [0.4, 0.5) is 4.39 Å². The van der Waals surface area contributed by atoms with E-state index in [9.17, 15) is 12.8 Å². The first-order valence-corrected chi connectivity index (χ1v) is 6.98. The van der Waals surface area contributed by atoms with Crippen LogP contribution in [0, 0.1) is 0 Å². The van der Waals surface area contributed by atoms with Gasteiger partial charge in [-0.3, -0.25) is 0 Å². The monoisotopic (exact) mass is 260 g/mol. The highest BCUT2D eigenvalue weighted by atomic mass is 32.2. The standard InChI is InChI=1S/C11H17FN2O2S/c1-13-8-10-2-4-11(5-3-10)9-17(15,16)14-7-6-12/h2-5,13-14H,6-9H2,1H3. The van der Waals surface area contributed by atoms with Gasteiger partial charge in [0.05, 0.1) is 5.75 Å². The molecule has 2 N–H and O–H groups in total. The molecule has 0 amide bonds. The highest BCUT2D eigenvalue weighted by Crippen LogP contribution is 2.07. The third-order valence-corrected chi connectivity index (χ3v) is 3.53. The lowest BCUT2D eigenvalue weighted by molar-refractivity contribution is 0.486. The number of nitrogens with one attached hydrogen (secondary N) is 2. The molecule has 0 aliphatic carbocycles. The number of alkyl halides is 1. The first kappa shape index (κ1) is 14.1. The Morgan fingerprint density at radius 1 is 1.18 bits per heavy atom. The Morgan fingerprint density at radius 2 is 1.76 bits per heavy atom. The second kappa shape index (κ2) is 6.68. The van der Waals surface area contributed by atoms with Gasteiger partial charge in [0.1, 0.15) is 6.67 Å². The van der Waals surface area contributed by atoms with Crippen molar-refractivity contribution in [1.82, 2.24) is 10.0 Å². The molecule has 0 fully saturated rings. The van der Waals surface area contributed by atoms with Gasteiger partial charge in [-0.15, -0.1) is 0 Å². The molecule has 0 aliphatic rings. The molecule has 0 heterocycles. The van der Waals surface area contributed by atoms with Crippen molar-refractivity contribution in [1.29, 1.82) is 0 Å². The van der Waals surface area contributed by atoms with Crippen molar-refractivity contribution in [3.63, 3.8) is 0 Å². The Labute approximate surface area is 101 Å². The molecule has 0 bridgehead atoms. The number of sulfonamides is 1. The van der Waals surface area contributed by atoms with Crippen LogP contribution in [0.1, 0.15) is 11.1 Å². The lowest BCUT2D eigenvalue weighted by Gasteiger charge is -2.06. The molecule has 0 saturated carbocycles. The first-order valence-electron chi connectivity index (χ1n) is 5.33. The van der Waals surface area contributed by atoms with E-state index < -0.39 is 16.7 Å². The minimum Gasteiger partial charge on any atom is -0.316 e. The van der Waals surface area contributed by atoms with E-state index >= 15 is 0 Å². The predicted octanol–water partition coefficient (Wildman–Crippen LogP) is 0.795. The van der Waals surface area contributed by atoms with Crippen molar-refractivity contribution in [3.05, 3.63) is 35.4 Å². The number of hydrogen-bond acceptors (Lipinski definition) is 3. The Balaban J connectivity index is 2.62. The maximum absolute atomic E-state index is 11.9. The van der Waals surface area contributed by atoms with Gasteiger partial charge in [-0.25, -0.2) is 17.5 Å². The molecule has 6 heteroatoms. The summed E-state index contributed by atoms with van der Waals surface area (Å²) in [7, 11) is -1.58. The summed E-state index contributed by atoms with van der Waals surface area (Å²) in [5, 5.41) is 3.01. The zero-order valence-corrected chi connectivity index (χ0v) is 10.6. The van der Waals surface area contributed by atoms with Crippen LogP contribution in [-0.4, -0.2) is 28.7 Å². The van der Waals surface area contributed by atoms with E-state index in [1.165, 1.54) is 0 Å². The SMILES string of the molecule is CNCc1ccc(CS(=O)(=O)NCCF)cc1. The van der Waals surface area contributed by atoms with Crippen molar-refractivity contribution in [2.45, 2.75) is 12.3 Å². The van der Waals surface area contributed by atoms with E-state index in [4.69, 9.17) is 0 Å². The second-order valence-electron chi connectivity index (χ2n) is 3.69. The van der Waals surface area contributed by atoms with Gasteiger partial charge in [0.2, 0.25) is 10.0 Å². The molecule has 0 radical (unpaired) electrons. The highest BCUT2D eigenvalue weighted by molar-refractivity contribution is 7.88. The molecule has 1 rings (SSSR count). The summed E-state index contributed by atoms with van der Waals surface area (Å²) < 4.78 is 37.0.